The first kappa shape index (κ1) is 16.3. The van der Waals surface area contributed by atoms with Crippen molar-refractivity contribution < 1.29 is 19.8 Å². The predicted molar refractivity (Wildman–Crippen MR) is 77.0 cm³/mol. The number of aromatic hydroxyl groups is 1. The SMILES string of the molecule is NC(Cc1ccc(O)cc1C=O)C(=O)O.c1ccncc1. The number of carboxylic acids is 1. The normalized spacial score (nSPS) is 10.9. The molecule has 21 heavy (non-hydrogen) atoms. The molecule has 1 aromatic heterocycles. The molecule has 0 aliphatic carbocycles. The summed E-state index contributed by atoms with van der Waals surface area (Å²) in [5.41, 5.74) is 6.10. The van der Waals surface area contributed by atoms with Gasteiger partial charge in [-0.1, -0.05) is 12.1 Å². The van der Waals surface area contributed by atoms with Crippen LogP contribution in [0.25, 0.3) is 0 Å². The second kappa shape index (κ2) is 8.44. The van der Waals surface area contributed by atoms with Crippen LogP contribution < -0.4 is 5.73 Å². The summed E-state index contributed by atoms with van der Waals surface area (Å²) in [7, 11) is 0. The number of hydrogen-bond donors (Lipinski definition) is 3. The molecular weight excluding hydrogens is 272 g/mol. The number of benzene rings is 1. The van der Waals surface area contributed by atoms with Crippen molar-refractivity contribution in [3.8, 4) is 5.75 Å². The molecule has 0 bridgehead atoms. The highest BCUT2D eigenvalue weighted by molar-refractivity contribution is 5.79. The summed E-state index contributed by atoms with van der Waals surface area (Å²) in [6.45, 7) is 0. The van der Waals surface area contributed by atoms with E-state index in [2.05, 4.69) is 4.98 Å². The van der Waals surface area contributed by atoms with Crippen molar-refractivity contribution in [2.24, 2.45) is 5.73 Å². The number of nitrogens with zero attached hydrogens (tertiary/aromatic N) is 1. The van der Waals surface area contributed by atoms with Crippen LogP contribution in [-0.2, 0) is 11.2 Å². The average Bonchev–Trinajstić information content (AvgIpc) is 2.51. The Kier molecular flexibility index (Phi) is 6.56. The van der Waals surface area contributed by atoms with Gasteiger partial charge in [0.05, 0.1) is 0 Å². The van der Waals surface area contributed by atoms with E-state index in [0.29, 0.717) is 11.8 Å². The van der Waals surface area contributed by atoms with Crippen molar-refractivity contribution in [1.29, 1.82) is 0 Å². The molecule has 0 saturated heterocycles. The van der Waals surface area contributed by atoms with E-state index in [9.17, 15) is 9.59 Å². The van der Waals surface area contributed by atoms with E-state index in [4.69, 9.17) is 15.9 Å². The zero-order valence-corrected chi connectivity index (χ0v) is 11.2. The van der Waals surface area contributed by atoms with Crippen LogP contribution in [0.15, 0.2) is 48.8 Å². The van der Waals surface area contributed by atoms with Crippen molar-refractivity contribution in [3.05, 3.63) is 59.9 Å². The predicted octanol–water partition coefficient (Wildman–Crippen LogP) is 1.24. The standard InChI is InChI=1S/C10H11NO4.C5H5N/c11-9(10(14)15)4-6-1-2-8(13)3-7(6)5-12;1-2-4-6-5-3-1/h1-3,5,9,13H,4,11H2,(H,14,15);1-5H. The first-order chi connectivity index (χ1) is 10.0. The zero-order valence-electron chi connectivity index (χ0n) is 11.2. The summed E-state index contributed by atoms with van der Waals surface area (Å²) in [4.78, 5) is 24.9. The summed E-state index contributed by atoms with van der Waals surface area (Å²) in [6.07, 6.45) is 4.12. The van der Waals surface area contributed by atoms with Gasteiger partial charge in [-0.15, -0.1) is 0 Å². The van der Waals surface area contributed by atoms with Gasteiger partial charge < -0.3 is 15.9 Å². The molecule has 110 valence electrons. The summed E-state index contributed by atoms with van der Waals surface area (Å²) < 4.78 is 0. The number of phenols is 1. The topological polar surface area (TPSA) is 114 Å². The van der Waals surface area contributed by atoms with Gasteiger partial charge in [-0.2, -0.15) is 0 Å². The summed E-state index contributed by atoms with van der Waals surface area (Å²) in [5.74, 6) is -1.16. The van der Waals surface area contributed by atoms with E-state index in [0.717, 1.165) is 0 Å². The lowest BCUT2D eigenvalue weighted by Crippen LogP contribution is -2.32. The van der Waals surface area contributed by atoms with E-state index < -0.39 is 12.0 Å². The number of carbonyl (C=O) groups is 2. The Balaban J connectivity index is 0.000000304. The van der Waals surface area contributed by atoms with Crippen molar-refractivity contribution in [2.45, 2.75) is 12.5 Å². The Morgan fingerprint density at radius 2 is 1.95 bits per heavy atom. The van der Waals surface area contributed by atoms with Crippen LogP contribution in [0.5, 0.6) is 5.75 Å². The van der Waals surface area contributed by atoms with E-state index in [1.54, 1.807) is 12.4 Å². The van der Waals surface area contributed by atoms with Crippen molar-refractivity contribution >= 4 is 12.3 Å². The van der Waals surface area contributed by atoms with Crippen LogP contribution in [0.3, 0.4) is 0 Å². The number of carboxylic acid groups (broad SMARTS) is 1. The van der Waals surface area contributed by atoms with Gasteiger partial charge in [0.2, 0.25) is 0 Å². The fraction of sp³-hybridized carbons (Fsp3) is 0.133. The number of aromatic nitrogens is 1. The van der Waals surface area contributed by atoms with E-state index in [-0.39, 0.29) is 17.7 Å². The molecule has 0 spiro atoms. The monoisotopic (exact) mass is 288 g/mol. The van der Waals surface area contributed by atoms with Crippen LogP contribution >= 0.6 is 0 Å². The van der Waals surface area contributed by atoms with Gasteiger partial charge in [0.1, 0.15) is 18.1 Å². The Morgan fingerprint density at radius 3 is 2.38 bits per heavy atom. The van der Waals surface area contributed by atoms with Gasteiger partial charge in [-0.25, -0.2) is 0 Å². The molecule has 0 aliphatic rings. The molecule has 6 heteroatoms. The Labute approximate surface area is 121 Å². The maximum absolute atomic E-state index is 10.6. The quantitative estimate of drug-likeness (QED) is 0.729. The zero-order chi connectivity index (χ0) is 15.7. The number of pyridine rings is 1. The third-order valence-corrected chi connectivity index (χ3v) is 2.58. The summed E-state index contributed by atoms with van der Waals surface area (Å²) in [6, 6.07) is 8.82. The Hall–Kier alpha value is -2.73. The Morgan fingerprint density at radius 1 is 1.29 bits per heavy atom. The molecule has 0 amide bonds. The molecule has 0 radical (unpaired) electrons. The van der Waals surface area contributed by atoms with Crippen molar-refractivity contribution in [2.75, 3.05) is 0 Å². The molecule has 0 aliphatic heterocycles. The summed E-state index contributed by atoms with van der Waals surface area (Å²) in [5, 5.41) is 17.7. The molecule has 1 unspecified atom stereocenters. The van der Waals surface area contributed by atoms with Gasteiger partial charge in [0.25, 0.3) is 0 Å². The van der Waals surface area contributed by atoms with Crippen LogP contribution in [0.4, 0.5) is 0 Å². The van der Waals surface area contributed by atoms with Gasteiger partial charge in [0.15, 0.2) is 0 Å². The smallest absolute Gasteiger partial charge is 0.320 e. The lowest BCUT2D eigenvalue weighted by Gasteiger charge is -2.08. The first-order valence-corrected chi connectivity index (χ1v) is 6.15. The Bertz CT molecular complexity index is 561. The molecule has 2 rings (SSSR count). The summed E-state index contributed by atoms with van der Waals surface area (Å²) >= 11 is 0. The van der Waals surface area contributed by atoms with E-state index in [1.807, 2.05) is 18.2 Å². The van der Waals surface area contributed by atoms with Crippen molar-refractivity contribution in [1.82, 2.24) is 4.98 Å². The lowest BCUT2D eigenvalue weighted by molar-refractivity contribution is -0.138. The second-order valence-corrected chi connectivity index (χ2v) is 4.17. The average molecular weight is 288 g/mol. The largest absolute Gasteiger partial charge is 0.508 e. The van der Waals surface area contributed by atoms with E-state index in [1.165, 1.54) is 18.2 Å². The molecule has 6 nitrogen and oxygen atoms in total. The number of aliphatic carboxylic acids is 1. The first-order valence-electron chi connectivity index (χ1n) is 6.15. The number of carbonyl (C=O) groups excluding carboxylic acids is 1. The molecule has 2 aromatic rings. The van der Waals surface area contributed by atoms with Gasteiger partial charge in [-0.05, 0) is 36.2 Å². The number of rotatable bonds is 4. The fourth-order valence-corrected chi connectivity index (χ4v) is 1.51. The van der Waals surface area contributed by atoms with Crippen molar-refractivity contribution in [3.63, 3.8) is 0 Å². The molecular formula is C15H16N2O4. The van der Waals surface area contributed by atoms with Crippen LogP contribution in [0, 0.1) is 0 Å². The molecule has 1 aromatic carbocycles. The maximum atomic E-state index is 10.6. The minimum absolute atomic E-state index is 0.0373. The molecule has 4 N–H and O–H groups in total. The molecule has 0 fully saturated rings. The highest BCUT2D eigenvalue weighted by Crippen LogP contribution is 2.16. The highest BCUT2D eigenvalue weighted by Gasteiger charge is 2.14. The number of nitrogens with two attached hydrogens (primary N) is 1. The van der Waals surface area contributed by atoms with Crippen LogP contribution in [-0.4, -0.2) is 33.5 Å². The number of phenolic OH excluding ortho intramolecular Hbond substituents is 1. The molecule has 0 saturated carbocycles. The highest BCUT2D eigenvalue weighted by atomic mass is 16.4. The third-order valence-electron chi connectivity index (χ3n) is 2.58. The van der Waals surface area contributed by atoms with Crippen LogP contribution in [0.1, 0.15) is 15.9 Å². The minimum atomic E-state index is -1.13. The molecule has 1 heterocycles. The minimum Gasteiger partial charge on any atom is -0.508 e. The lowest BCUT2D eigenvalue weighted by atomic mass is 10.0. The van der Waals surface area contributed by atoms with Gasteiger partial charge >= 0.3 is 5.97 Å². The number of hydrogen-bond acceptors (Lipinski definition) is 5. The fourth-order valence-electron chi connectivity index (χ4n) is 1.51. The van der Waals surface area contributed by atoms with Crippen LogP contribution in [0.2, 0.25) is 0 Å². The third kappa shape index (κ3) is 5.84. The number of aldehydes is 1. The van der Waals surface area contributed by atoms with E-state index >= 15 is 0 Å². The molecule has 1 atom stereocenters. The van der Waals surface area contributed by atoms with Gasteiger partial charge in [-0.3, -0.25) is 14.6 Å². The maximum Gasteiger partial charge on any atom is 0.320 e. The second-order valence-electron chi connectivity index (χ2n) is 4.17. The van der Waals surface area contributed by atoms with Gasteiger partial charge in [0, 0.05) is 18.0 Å².